The highest BCUT2D eigenvalue weighted by Crippen LogP contribution is 2.21. The van der Waals surface area contributed by atoms with Crippen molar-refractivity contribution in [1.82, 2.24) is 10.6 Å². The Morgan fingerprint density at radius 3 is 2.38 bits per heavy atom. The Balaban J connectivity index is 1.51. The lowest BCUT2D eigenvalue weighted by atomic mass is 10.1. The van der Waals surface area contributed by atoms with Gasteiger partial charge in [-0.15, -0.1) is 0 Å². The van der Waals surface area contributed by atoms with E-state index in [0.717, 1.165) is 5.56 Å². The summed E-state index contributed by atoms with van der Waals surface area (Å²) in [5.74, 6) is 0.775. The molecule has 0 aliphatic carbocycles. The fourth-order valence-corrected chi connectivity index (χ4v) is 2.54. The zero-order valence-electron chi connectivity index (χ0n) is 13.0. The highest BCUT2D eigenvalue weighted by atomic mass is 19.1. The molecule has 2 aromatic carbocycles. The van der Waals surface area contributed by atoms with Gasteiger partial charge in [0.2, 0.25) is 5.91 Å². The quantitative estimate of drug-likeness (QED) is 0.784. The number of ether oxygens (including phenoxy) is 1. The van der Waals surface area contributed by atoms with E-state index in [1.165, 1.54) is 12.1 Å². The molecule has 6 heteroatoms. The van der Waals surface area contributed by atoms with Crippen molar-refractivity contribution in [1.29, 1.82) is 0 Å². The lowest BCUT2D eigenvalue weighted by molar-refractivity contribution is -0.123. The van der Waals surface area contributed by atoms with E-state index in [1.54, 1.807) is 24.3 Å². The molecule has 1 heterocycles. The number of β-amino-alcohol motifs (C(OH)–C–C–N with tert-alkyl or cyclic N) is 1. The Kier molecular flexibility index (Phi) is 5.08. The molecule has 2 aromatic rings. The van der Waals surface area contributed by atoms with Gasteiger partial charge in [0.1, 0.15) is 17.3 Å². The van der Waals surface area contributed by atoms with E-state index in [9.17, 15) is 14.3 Å². The van der Waals surface area contributed by atoms with Crippen molar-refractivity contribution < 1.29 is 19.0 Å². The molecule has 0 bridgehead atoms. The average molecular weight is 330 g/mol. The van der Waals surface area contributed by atoms with Crippen LogP contribution < -0.4 is 15.4 Å². The van der Waals surface area contributed by atoms with E-state index in [0.29, 0.717) is 31.0 Å². The molecule has 1 fully saturated rings. The van der Waals surface area contributed by atoms with E-state index in [-0.39, 0.29) is 17.8 Å². The summed E-state index contributed by atoms with van der Waals surface area (Å²) >= 11 is 0. The number of benzene rings is 2. The van der Waals surface area contributed by atoms with Crippen molar-refractivity contribution in [2.24, 2.45) is 0 Å². The van der Waals surface area contributed by atoms with Gasteiger partial charge in [-0.2, -0.15) is 0 Å². The van der Waals surface area contributed by atoms with Crippen LogP contribution in [0.5, 0.6) is 11.5 Å². The highest BCUT2D eigenvalue weighted by molar-refractivity contribution is 5.82. The standard InChI is InChI=1S/C18H19FN2O3/c19-13-3-7-16(8-4-13)24-15-5-1-12(2-6-15)10-21-18(23)17-9-14(22)11-20-17/h1-8,14,17,20,22H,9-11H2,(H,21,23)/t14-,17+/m0/s1. The molecule has 1 amide bonds. The van der Waals surface area contributed by atoms with Crippen molar-refractivity contribution in [3.8, 4) is 11.5 Å². The Morgan fingerprint density at radius 2 is 1.79 bits per heavy atom. The predicted octanol–water partition coefficient (Wildman–Crippen LogP) is 1.96. The second kappa shape index (κ2) is 7.42. The molecular weight excluding hydrogens is 311 g/mol. The van der Waals surface area contributed by atoms with Crippen molar-refractivity contribution in [2.45, 2.75) is 25.1 Å². The molecule has 3 rings (SSSR count). The van der Waals surface area contributed by atoms with Crippen molar-refractivity contribution >= 4 is 5.91 Å². The van der Waals surface area contributed by atoms with Gasteiger partial charge in [0.05, 0.1) is 12.1 Å². The number of aliphatic hydroxyl groups is 1. The molecule has 0 unspecified atom stereocenters. The molecule has 1 aliphatic rings. The maximum absolute atomic E-state index is 12.9. The van der Waals surface area contributed by atoms with Crippen LogP contribution >= 0.6 is 0 Å². The largest absolute Gasteiger partial charge is 0.457 e. The Morgan fingerprint density at radius 1 is 1.17 bits per heavy atom. The Labute approximate surface area is 139 Å². The fourth-order valence-electron chi connectivity index (χ4n) is 2.54. The smallest absolute Gasteiger partial charge is 0.237 e. The van der Waals surface area contributed by atoms with Crippen LogP contribution in [0.25, 0.3) is 0 Å². The summed E-state index contributed by atoms with van der Waals surface area (Å²) in [6.45, 7) is 0.859. The monoisotopic (exact) mass is 330 g/mol. The number of hydrogen-bond acceptors (Lipinski definition) is 4. The molecule has 5 nitrogen and oxygen atoms in total. The fraction of sp³-hybridized carbons (Fsp3) is 0.278. The minimum absolute atomic E-state index is 0.113. The lowest BCUT2D eigenvalue weighted by Gasteiger charge is -2.11. The first-order valence-electron chi connectivity index (χ1n) is 7.82. The third kappa shape index (κ3) is 4.31. The van der Waals surface area contributed by atoms with Crippen LogP contribution in [0.3, 0.4) is 0 Å². The van der Waals surface area contributed by atoms with Gasteiger partial charge in [0.15, 0.2) is 0 Å². The first kappa shape index (κ1) is 16.4. The first-order valence-corrected chi connectivity index (χ1v) is 7.82. The van der Waals surface area contributed by atoms with Gasteiger partial charge in [-0.3, -0.25) is 4.79 Å². The van der Waals surface area contributed by atoms with Crippen molar-refractivity contribution in [3.05, 3.63) is 59.9 Å². The van der Waals surface area contributed by atoms with Crippen LogP contribution in [-0.2, 0) is 11.3 Å². The van der Waals surface area contributed by atoms with E-state index >= 15 is 0 Å². The van der Waals surface area contributed by atoms with E-state index < -0.39 is 6.10 Å². The van der Waals surface area contributed by atoms with Crippen LogP contribution in [-0.4, -0.2) is 29.7 Å². The third-order valence-corrected chi connectivity index (χ3v) is 3.86. The number of carbonyl (C=O) groups excluding carboxylic acids is 1. The molecule has 2 atom stereocenters. The molecule has 0 spiro atoms. The molecule has 1 aliphatic heterocycles. The summed E-state index contributed by atoms with van der Waals surface area (Å²) in [5, 5.41) is 15.2. The maximum Gasteiger partial charge on any atom is 0.237 e. The Hall–Kier alpha value is -2.44. The number of rotatable bonds is 5. The first-order chi connectivity index (χ1) is 11.6. The summed E-state index contributed by atoms with van der Waals surface area (Å²) in [7, 11) is 0. The predicted molar refractivity (Wildman–Crippen MR) is 87.2 cm³/mol. The minimum Gasteiger partial charge on any atom is -0.457 e. The molecule has 1 saturated heterocycles. The molecule has 24 heavy (non-hydrogen) atoms. The third-order valence-electron chi connectivity index (χ3n) is 3.86. The van der Waals surface area contributed by atoms with Crippen molar-refractivity contribution in [3.63, 3.8) is 0 Å². The van der Waals surface area contributed by atoms with Crippen LogP contribution in [0.15, 0.2) is 48.5 Å². The summed E-state index contributed by atoms with van der Waals surface area (Å²) < 4.78 is 18.5. The Bertz CT molecular complexity index is 688. The minimum atomic E-state index is -0.455. The maximum atomic E-state index is 12.9. The van der Waals surface area contributed by atoms with Gasteiger partial charge in [0, 0.05) is 13.1 Å². The number of aliphatic hydroxyl groups excluding tert-OH is 1. The molecular formula is C18H19FN2O3. The van der Waals surface area contributed by atoms with Gasteiger partial charge in [-0.05, 0) is 48.4 Å². The topological polar surface area (TPSA) is 70.6 Å². The van der Waals surface area contributed by atoms with E-state index in [2.05, 4.69) is 10.6 Å². The average Bonchev–Trinajstić information content (AvgIpc) is 3.03. The van der Waals surface area contributed by atoms with Crippen LogP contribution in [0.1, 0.15) is 12.0 Å². The summed E-state index contributed by atoms with van der Waals surface area (Å²) in [6, 6.07) is 12.8. The van der Waals surface area contributed by atoms with Crippen LogP contribution in [0.2, 0.25) is 0 Å². The molecule has 0 aromatic heterocycles. The van der Waals surface area contributed by atoms with Crippen LogP contribution in [0.4, 0.5) is 4.39 Å². The van der Waals surface area contributed by atoms with Crippen molar-refractivity contribution in [2.75, 3.05) is 6.54 Å². The van der Waals surface area contributed by atoms with Gasteiger partial charge in [-0.25, -0.2) is 4.39 Å². The lowest BCUT2D eigenvalue weighted by Crippen LogP contribution is -2.39. The number of hydrogen-bond donors (Lipinski definition) is 3. The summed E-state index contributed by atoms with van der Waals surface area (Å²) in [5.41, 5.74) is 0.938. The molecule has 126 valence electrons. The highest BCUT2D eigenvalue weighted by Gasteiger charge is 2.27. The second-order valence-corrected chi connectivity index (χ2v) is 5.77. The van der Waals surface area contributed by atoms with Gasteiger partial charge >= 0.3 is 0 Å². The number of amides is 1. The van der Waals surface area contributed by atoms with Gasteiger partial charge in [-0.1, -0.05) is 12.1 Å². The van der Waals surface area contributed by atoms with Gasteiger partial charge < -0.3 is 20.5 Å². The summed E-state index contributed by atoms with van der Waals surface area (Å²) in [6.07, 6.45) is -0.0142. The number of halogens is 1. The normalized spacial score (nSPS) is 19.9. The summed E-state index contributed by atoms with van der Waals surface area (Å²) in [4.78, 5) is 12.0. The van der Waals surface area contributed by atoms with E-state index in [4.69, 9.17) is 4.74 Å². The molecule has 0 radical (unpaired) electrons. The number of nitrogens with one attached hydrogen (secondary N) is 2. The SMILES string of the molecule is O=C(NCc1ccc(Oc2ccc(F)cc2)cc1)[C@H]1C[C@H](O)CN1. The van der Waals surface area contributed by atoms with E-state index in [1.807, 2.05) is 12.1 Å². The van der Waals surface area contributed by atoms with Gasteiger partial charge in [0.25, 0.3) is 0 Å². The van der Waals surface area contributed by atoms with Crippen LogP contribution in [0, 0.1) is 5.82 Å². The second-order valence-electron chi connectivity index (χ2n) is 5.77. The molecule has 3 N–H and O–H groups in total. The molecule has 0 saturated carbocycles. The zero-order chi connectivity index (χ0) is 16.9. The zero-order valence-corrected chi connectivity index (χ0v) is 13.0. The number of carbonyl (C=O) groups is 1.